The van der Waals surface area contributed by atoms with Gasteiger partial charge in [-0.15, -0.1) is 0 Å². The van der Waals surface area contributed by atoms with E-state index in [1.54, 1.807) is 42.5 Å². The van der Waals surface area contributed by atoms with Gasteiger partial charge in [0.25, 0.3) is 11.8 Å². The molecule has 3 aromatic carbocycles. The number of nitrogens with two attached hydrogens (primary N) is 1. The number of para-hydroxylation sites is 1. The van der Waals surface area contributed by atoms with E-state index in [0.717, 1.165) is 5.56 Å². The number of carbonyl (C=O) groups excluding carboxylic acids is 2. The summed E-state index contributed by atoms with van der Waals surface area (Å²) in [4.78, 5) is 26.6. The van der Waals surface area contributed by atoms with Crippen LogP contribution < -0.4 is 20.5 Å². The van der Waals surface area contributed by atoms with Crippen LogP contribution in [0.5, 0.6) is 11.5 Å². The van der Waals surface area contributed by atoms with Gasteiger partial charge in [0, 0.05) is 16.6 Å². The zero-order valence-electron chi connectivity index (χ0n) is 18.0. The lowest BCUT2D eigenvalue weighted by Gasteiger charge is -2.11. The van der Waals surface area contributed by atoms with Crippen LogP contribution >= 0.6 is 0 Å². The first-order valence-corrected chi connectivity index (χ1v) is 9.98. The van der Waals surface area contributed by atoms with Gasteiger partial charge in [-0.25, -0.2) is 0 Å². The van der Waals surface area contributed by atoms with Gasteiger partial charge in [-0.2, -0.15) is 0 Å². The molecule has 0 fully saturated rings. The average Bonchev–Trinajstić information content (AvgIpc) is 3.11. The minimum atomic E-state index is -0.388. The van der Waals surface area contributed by atoms with E-state index in [-0.39, 0.29) is 23.2 Å². The lowest BCUT2D eigenvalue weighted by atomic mass is 10.1. The summed E-state index contributed by atoms with van der Waals surface area (Å²) < 4.78 is 11.9. The first-order chi connectivity index (χ1) is 15.4. The van der Waals surface area contributed by atoms with Gasteiger partial charge in [0.15, 0.2) is 11.5 Å². The average molecular weight is 429 g/mol. The third kappa shape index (κ3) is 3.65. The Morgan fingerprint density at radius 3 is 2.28 bits per heavy atom. The predicted molar refractivity (Wildman–Crippen MR) is 125 cm³/mol. The number of anilines is 2. The van der Waals surface area contributed by atoms with Crippen molar-refractivity contribution in [2.75, 3.05) is 25.3 Å². The number of nitrogens with zero attached hydrogens (tertiary/aromatic N) is 1. The highest BCUT2D eigenvalue weighted by Crippen LogP contribution is 2.32. The van der Waals surface area contributed by atoms with Gasteiger partial charge in [0.05, 0.1) is 25.3 Å². The third-order valence-corrected chi connectivity index (χ3v) is 5.28. The number of methoxy groups -OCH3 is 2. The SMILES string of the molecule is COc1ccc(C(=O)n2c(N)c(C(=O)Nc3ccc(C)cc3)c3ccccc32)cc1OC. The minimum Gasteiger partial charge on any atom is -0.493 e. The molecule has 1 aromatic heterocycles. The predicted octanol–water partition coefficient (Wildman–Crippen LogP) is 4.49. The van der Waals surface area contributed by atoms with E-state index >= 15 is 0 Å². The molecule has 0 atom stereocenters. The molecule has 0 aliphatic heterocycles. The van der Waals surface area contributed by atoms with Crippen molar-refractivity contribution in [3.8, 4) is 11.5 Å². The Morgan fingerprint density at radius 2 is 1.59 bits per heavy atom. The van der Waals surface area contributed by atoms with Crippen molar-refractivity contribution in [3.05, 3.63) is 83.4 Å². The van der Waals surface area contributed by atoms with Crippen LogP contribution in [0.3, 0.4) is 0 Å². The largest absolute Gasteiger partial charge is 0.493 e. The lowest BCUT2D eigenvalue weighted by Crippen LogP contribution is -2.18. The number of rotatable bonds is 5. The van der Waals surface area contributed by atoms with E-state index < -0.39 is 0 Å². The van der Waals surface area contributed by atoms with E-state index in [1.807, 2.05) is 31.2 Å². The molecule has 32 heavy (non-hydrogen) atoms. The monoisotopic (exact) mass is 429 g/mol. The van der Waals surface area contributed by atoms with Crippen LogP contribution in [0.15, 0.2) is 66.7 Å². The standard InChI is InChI=1S/C25H23N3O4/c1-15-8-11-17(12-9-15)27-24(29)22-18-6-4-5-7-19(18)28(23(22)26)25(30)16-10-13-20(31-2)21(14-16)32-3/h4-14H,26H2,1-3H3,(H,27,29). The summed E-state index contributed by atoms with van der Waals surface area (Å²) >= 11 is 0. The van der Waals surface area contributed by atoms with Crippen LogP contribution in [-0.4, -0.2) is 30.6 Å². The number of ether oxygens (including phenoxy) is 2. The fourth-order valence-electron chi connectivity index (χ4n) is 3.65. The molecule has 0 unspecified atom stereocenters. The second-order valence-electron chi connectivity index (χ2n) is 7.31. The van der Waals surface area contributed by atoms with E-state index in [2.05, 4.69) is 5.32 Å². The van der Waals surface area contributed by atoms with Gasteiger partial charge >= 0.3 is 0 Å². The number of aryl methyl sites for hydroxylation is 1. The molecule has 1 amide bonds. The highest BCUT2D eigenvalue weighted by molar-refractivity contribution is 6.20. The number of benzene rings is 3. The van der Waals surface area contributed by atoms with Crippen molar-refractivity contribution >= 4 is 34.2 Å². The number of hydrogen-bond donors (Lipinski definition) is 2. The van der Waals surface area contributed by atoms with E-state index in [9.17, 15) is 9.59 Å². The highest BCUT2D eigenvalue weighted by Gasteiger charge is 2.25. The molecule has 7 nitrogen and oxygen atoms in total. The number of aromatic nitrogens is 1. The second kappa shape index (κ2) is 8.47. The van der Waals surface area contributed by atoms with Gasteiger partial charge in [-0.1, -0.05) is 35.9 Å². The first kappa shape index (κ1) is 21.0. The minimum absolute atomic E-state index is 0.0654. The van der Waals surface area contributed by atoms with Crippen LogP contribution in [0.4, 0.5) is 11.5 Å². The summed E-state index contributed by atoms with van der Waals surface area (Å²) in [5.74, 6) is 0.226. The summed E-state index contributed by atoms with van der Waals surface area (Å²) in [6.07, 6.45) is 0. The van der Waals surface area contributed by atoms with E-state index in [0.29, 0.717) is 33.7 Å². The molecule has 4 aromatic rings. The van der Waals surface area contributed by atoms with Crippen molar-refractivity contribution < 1.29 is 19.1 Å². The zero-order valence-corrected chi connectivity index (χ0v) is 18.0. The fourth-order valence-corrected chi connectivity index (χ4v) is 3.65. The molecule has 3 N–H and O–H groups in total. The van der Waals surface area contributed by atoms with Crippen LogP contribution in [0.2, 0.25) is 0 Å². The topological polar surface area (TPSA) is 95.6 Å². The molecule has 0 aliphatic carbocycles. The van der Waals surface area contributed by atoms with Gasteiger partial charge in [0.2, 0.25) is 0 Å². The molecule has 0 bridgehead atoms. The van der Waals surface area contributed by atoms with Crippen molar-refractivity contribution in [3.63, 3.8) is 0 Å². The van der Waals surface area contributed by atoms with E-state index in [4.69, 9.17) is 15.2 Å². The molecule has 0 saturated heterocycles. The summed E-state index contributed by atoms with van der Waals surface area (Å²) in [5.41, 5.74) is 9.24. The normalized spacial score (nSPS) is 10.7. The van der Waals surface area contributed by atoms with Gasteiger partial charge in [0.1, 0.15) is 5.82 Å². The van der Waals surface area contributed by atoms with Crippen molar-refractivity contribution in [2.24, 2.45) is 0 Å². The van der Waals surface area contributed by atoms with Crippen molar-refractivity contribution in [2.45, 2.75) is 6.92 Å². The first-order valence-electron chi connectivity index (χ1n) is 9.98. The Hall–Kier alpha value is -4.26. The number of hydrogen-bond acceptors (Lipinski definition) is 5. The summed E-state index contributed by atoms with van der Waals surface area (Å²) in [5, 5.41) is 3.45. The second-order valence-corrected chi connectivity index (χ2v) is 7.31. The Bertz CT molecular complexity index is 1320. The van der Waals surface area contributed by atoms with Crippen LogP contribution in [0.25, 0.3) is 10.9 Å². The number of nitrogen functional groups attached to an aromatic ring is 1. The molecular weight excluding hydrogens is 406 g/mol. The van der Waals surface area contributed by atoms with Crippen molar-refractivity contribution in [1.82, 2.24) is 4.57 Å². The number of carbonyl (C=O) groups is 2. The number of nitrogens with one attached hydrogen (secondary N) is 1. The molecule has 0 saturated carbocycles. The third-order valence-electron chi connectivity index (χ3n) is 5.28. The van der Waals surface area contributed by atoms with Crippen LogP contribution in [0.1, 0.15) is 26.3 Å². The summed E-state index contributed by atoms with van der Waals surface area (Å²) in [7, 11) is 3.02. The maximum Gasteiger partial charge on any atom is 0.264 e. The van der Waals surface area contributed by atoms with Crippen LogP contribution in [0, 0.1) is 6.92 Å². The number of fused-ring (bicyclic) bond motifs is 1. The Balaban J connectivity index is 1.80. The maximum absolute atomic E-state index is 13.4. The molecule has 1 heterocycles. The molecule has 0 spiro atoms. The van der Waals surface area contributed by atoms with E-state index in [1.165, 1.54) is 18.8 Å². The Morgan fingerprint density at radius 1 is 0.906 bits per heavy atom. The van der Waals surface area contributed by atoms with Crippen LogP contribution in [-0.2, 0) is 0 Å². The van der Waals surface area contributed by atoms with Gasteiger partial charge < -0.3 is 20.5 Å². The van der Waals surface area contributed by atoms with Gasteiger partial charge in [-0.05, 0) is 43.3 Å². The molecule has 7 heteroatoms. The smallest absolute Gasteiger partial charge is 0.264 e. The molecule has 0 radical (unpaired) electrons. The molecule has 162 valence electrons. The lowest BCUT2D eigenvalue weighted by molar-refractivity contribution is 0.0967. The summed E-state index contributed by atoms with van der Waals surface area (Å²) in [6, 6.07) is 19.4. The fraction of sp³-hybridized carbons (Fsp3) is 0.120. The molecule has 4 rings (SSSR count). The van der Waals surface area contributed by atoms with Crippen molar-refractivity contribution in [1.29, 1.82) is 0 Å². The quantitative estimate of drug-likeness (QED) is 0.487. The Labute approximate surface area is 185 Å². The highest BCUT2D eigenvalue weighted by atomic mass is 16.5. The van der Waals surface area contributed by atoms with Gasteiger partial charge in [-0.3, -0.25) is 14.2 Å². The zero-order chi connectivity index (χ0) is 22.8. The molecular formula is C25H23N3O4. The number of amides is 1. The summed E-state index contributed by atoms with van der Waals surface area (Å²) in [6.45, 7) is 1.97. The maximum atomic E-state index is 13.4. The molecule has 0 aliphatic rings. The Kier molecular flexibility index (Phi) is 5.55.